The molecule has 1 aliphatic heterocycles. The van der Waals surface area contributed by atoms with Crippen LogP contribution in [0.3, 0.4) is 0 Å². The number of hydrogen-bond acceptors (Lipinski definition) is 5. The molecule has 6 nitrogen and oxygen atoms in total. The number of aliphatic hydroxyl groups is 1. The number of halogens is 1. The minimum atomic E-state index is -0.761. The van der Waals surface area contributed by atoms with Gasteiger partial charge in [0.25, 0.3) is 11.7 Å². The molecule has 4 rings (SSSR count). The van der Waals surface area contributed by atoms with Gasteiger partial charge in [0.15, 0.2) is 0 Å². The van der Waals surface area contributed by atoms with Crippen molar-refractivity contribution in [3.63, 3.8) is 0 Å². The van der Waals surface area contributed by atoms with E-state index in [1.165, 1.54) is 12.0 Å². The maximum atomic E-state index is 13.1. The van der Waals surface area contributed by atoms with Crippen LogP contribution in [0.2, 0.25) is 0 Å². The number of rotatable bonds is 5. The van der Waals surface area contributed by atoms with E-state index in [0.717, 1.165) is 10.0 Å². The normalized spacial score (nSPS) is 17.7. The molecule has 2 heterocycles. The van der Waals surface area contributed by atoms with Crippen LogP contribution in [0.1, 0.15) is 22.7 Å². The SMILES string of the molecule is COc1ccccc1/C(O)=C1\C(=O)C(=O)N(Cc2cccnc2)C1c1cccc(Br)c1. The molecule has 0 spiro atoms. The molecule has 0 saturated carbocycles. The Morgan fingerprint density at radius 1 is 1.13 bits per heavy atom. The topological polar surface area (TPSA) is 79.7 Å². The third kappa shape index (κ3) is 3.96. The van der Waals surface area contributed by atoms with Crippen molar-refractivity contribution in [3.8, 4) is 5.75 Å². The van der Waals surface area contributed by atoms with Gasteiger partial charge in [-0.3, -0.25) is 14.6 Å². The summed E-state index contributed by atoms with van der Waals surface area (Å²) in [6.45, 7) is 0.179. The Labute approximate surface area is 187 Å². The van der Waals surface area contributed by atoms with Crippen LogP contribution in [0.25, 0.3) is 5.76 Å². The molecule has 7 heteroatoms. The number of benzene rings is 2. The summed E-state index contributed by atoms with van der Waals surface area (Å²) in [6.07, 6.45) is 3.29. The van der Waals surface area contributed by atoms with Crippen LogP contribution in [0, 0.1) is 0 Å². The number of amides is 1. The van der Waals surface area contributed by atoms with Gasteiger partial charge in [-0.2, -0.15) is 0 Å². The quantitative estimate of drug-likeness (QED) is 0.332. The van der Waals surface area contributed by atoms with Crippen LogP contribution in [-0.4, -0.2) is 33.8 Å². The number of likely N-dealkylation sites (tertiary alicyclic amines) is 1. The number of carbonyl (C=O) groups is 2. The molecule has 1 fully saturated rings. The highest BCUT2D eigenvalue weighted by molar-refractivity contribution is 9.10. The molecular weight excluding hydrogens is 460 g/mol. The summed E-state index contributed by atoms with van der Waals surface area (Å²) in [4.78, 5) is 31.7. The van der Waals surface area contributed by atoms with E-state index in [4.69, 9.17) is 4.74 Å². The summed E-state index contributed by atoms with van der Waals surface area (Å²) in [7, 11) is 1.49. The molecular formula is C24H19BrN2O4. The molecule has 31 heavy (non-hydrogen) atoms. The van der Waals surface area contributed by atoms with Crippen molar-refractivity contribution in [2.24, 2.45) is 0 Å². The first kappa shape index (κ1) is 20.8. The fraction of sp³-hybridized carbons (Fsp3) is 0.125. The van der Waals surface area contributed by atoms with Gasteiger partial charge in [-0.15, -0.1) is 0 Å². The van der Waals surface area contributed by atoms with Gasteiger partial charge in [-0.1, -0.05) is 46.3 Å². The Balaban J connectivity index is 1.90. The predicted octanol–water partition coefficient (Wildman–Crippen LogP) is 4.47. The van der Waals surface area contributed by atoms with Gasteiger partial charge in [0, 0.05) is 23.4 Å². The number of Topliss-reactive ketones (excluding diaryl/α,β-unsaturated/α-hetero) is 1. The highest BCUT2D eigenvalue weighted by Gasteiger charge is 2.46. The Morgan fingerprint density at radius 2 is 1.94 bits per heavy atom. The molecule has 0 bridgehead atoms. The zero-order valence-corrected chi connectivity index (χ0v) is 18.2. The van der Waals surface area contributed by atoms with Crippen molar-refractivity contribution in [3.05, 3.63) is 99.8 Å². The van der Waals surface area contributed by atoms with Crippen LogP contribution in [0.5, 0.6) is 5.75 Å². The predicted molar refractivity (Wildman–Crippen MR) is 119 cm³/mol. The zero-order valence-electron chi connectivity index (χ0n) is 16.7. The number of carbonyl (C=O) groups excluding carboxylic acids is 2. The van der Waals surface area contributed by atoms with E-state index in [2.05, 4.69) is 20.9 Å². The van der Waals surface area contributed by atoms with Gasteiger partial charge in [-0.05, 0) is 41.5 Å². The average Bonchev–Trinajstić information content (AvgIpc) is 3.04. The second-order valence-electron chi connectivity index (χ2n) is 7.04. The van der Waals surface area contributed by atoms with Crippen molar-refractivity contribution in [2.45, 2.75) is 12.6 Å². The van der Waals surface area contributed by atoms with Crippen molar-refractivity contribution in [2.75, 3.05) is 7.11 Å². The van der Waals surface area contributed by atoms with Gasteiger partial charge in [0.1, 0.15) is 11.5 Å². The first-order chi connectivity index (χ1) is 15.0. The van der Waals surface area contributed by atoms with Crippen LogP contribution in [-0.2, 0) is 16.1 Å². The van der Waals surface area contributed by atoms with E-state index >= 15 is 0 Å². The van der Waals surface area contributed by atoms with E-state index in [1.54, 1.807) is 42.7 Å². The third-order valence-electron chi connectivity index (χ3n) is 5.14. The number of nitrogens with zero attached hydrogens (tertiary/aromatic N) is 2. The highest BCUT2D eigenvalue weighted by Crippen LogP contribution is 2.42. The van der Waals surface area contributed by atoms with Crippen LogP contribution >= 0.6 is 15.9 Å². The molecule has 1 amide bonds. The van der Waals surface area contributed by atoms with Gasteiger partial charge < -0.3 is 14.7 Å². The highest BCUT2D eigenvalue weighted by atomic mass is 79.9. The number of methoxy groups -OCH3 is 1. The Bertz CT molecular complexity index is 1180. The fourth-order valence-corrected chi connectivity index (χ4v) is 4.16. The Morgan fingerprint density at radius 3 is 2.65 bits per heavy atom. The largest absolute Gasteiger partial charge is 0.507 e. The number of ether oxygens (including phenoxy) is 1. The van der Waals surface area contributed by atoms with Gasteiger partial charge in [0.05, 0.1) is 24.3 Å². The maximum Gasteiger partial charge on any atom is 0.295 e. The number of hydrogen-bond donors (Lipinski definition) is 1. The molecule has 2 aromatic carbocycles. The van der Waals surface area contributed by atoms with Gasteiger partial charge in [0.2, 0.25) is 0 Å². The van der Waals surface area contributed by atoms with Crippen LogP contribution in [0.15, 0.2) is 83.1 Å². The maximum absolute atomic E-state index is 13.1. The number of ketones is 1. The lowest BCUT2D eigenvalue weighted by molar-refractivity contribution is -0.140. The summed E-state index contributed by atoms with van der Waals surface area (Å²) in [6, 6.07) is 17.0. The van der Waals surface area contributed by atoms with E-state index in [-0.39, 0.29) is 17.9 Å². The van der Waals surface area contributed by atoms with Gasteiger partial charge >= 0.3 is 0 Å². The lowest BCUT2D eigenvalue weighted by Crippen LogP contribution is -2.29. The third-order valence-corrected chi connectivity index (χ3v) is 5.64. The molecule has 1 saturated heterocycles. The second kappa shape index (κ2) is 8.73. The van der Waals surface area contributed by atoms with Crippen LogP contribution in [0.4, 0.5) is 0 Å². The van der Waals surface area contributed by atoms with Crippen molar-refractivity contribution < 1.29 is 19.4 Å². The number of aliphatic hydroxyl groups excluding tert-OH is 1. The number of aromatic nitrogens is 1. The molecule has 1 aromatic heterocycles. The van der Waals surface area contributed by atoms with E-state index in [1.807, 2.05) is 30.3 Å². The number of pyridine rings is 1. The van der Waals surface area contributed by atoms with Crippen molar-refractivity contribution in [1.82, 2.24) is 9.88 Å². The minimum absolute atomic E-state index is 0.0245. The summed E-state index contributed by atoms with van der Waals surface area (Å²) in [5, 5.41) is 11.2. The first-order valence-corrected chi connectivity index (χ1v) is 10.4. The monoisotopic (exact) mass is 478 g/mol. The number of para-hydroxylation sites is 1. The first-order valence-electron chi connectivity index (χ1n) is 9.57. The minimum Gasteiger partial charge on any atom is -0.507 e. The molecule has 1 N–H and O–H groups in total. The molecule has 1 unspecified atom stereocenters. The lowest BCUT2D eigenvalue weighted by atomic mass is 9.95. The molecule has 1 aliphatic rings. The molecule has 3 aromatic rings. The zero-order chi connectivity index (χ0) is 22.0. The van der Waals surface area contributed by atoms with E-state index in [0.29, 0.717) is 16.9 Å². The van der Waals surface area contributed by atoms with E-state index < -0.39 is 17.7 Å². The summed E-state index contributed by atoms with van der Waals surface area (Å²) < 4.78 is 6.15. The summed E-state index contributed by atoms with van der Waals surface area (Å²) in [5.74, 6) is -1.27. The summed E-state index contributed by atoms with van der Waals surface area (Å²) in [5.41, 5.74) is 1.86. The molecule has 156 valence electrons. The molecule has 0 aliphatic carbocycles. The second-order valence-corrected chi connectivity index (χ2v) is 7.96. The summed E-state index contributed by atoms with van der Waals surface area (Å²) >= 11 is 3.45. The van der Waals surface area contributed by atoms with Crippen molar-refractivity contribution >= 4 is 33.4 Å². The smallest absolute Gasteiger partial charge is 0.295 e. The molecule has 1 atom stereocenters. The Kier molecular flexibility index (Phi) is 5.86. The van der Waals surface area contributed by atoms with Gasteiger partial charge in [-0.25, -0.2) is 0 Å². The fourth-order valence-electron chi connectivity index (χ4n) is 3.74. The van der Waals surface area contributed by atoms with Crippen LogP contribution < -0.4 is 4.74 Å². The lowest BCUT2D eigenvalue weighted by Gasteiger charge is -2.25. The average molecular weight is 479 g/mol. The molecule has 0 radical (unpaired) electrons. The van der Waals surface area contributed by atoms with Crippen molar-refractivity contribution in [1.29, 1.82) is 0 Å². The van der Waals surface area contributed by atoms with E-state index in [9.17, 15) is 14.7 Å². The standard InChI is InChI=1S/C24H19BrN2O4/c1-31-19-10-3-2-9-18(19)22(28)20-21(16-7-4-8-17(25)12-16)27(24(30)23(20)29)14-15-6-5-11-26-13-15/h2-13,21,28H,14H2,1H3/b22-20+. The Hall–Kier alpha value is -3.45.